The molecule has 17 heavy (non-hydrogen) atoms. The molecule has 5 nitrogen and oxygen atoms in total. The maximum absolute atomic E-state index is 12.2. The summed E-state index contributed by atoms with van der Waals surface area (Å²) >= 11 is 0. The predicted molar refractivity (Wildman–Crippen MR) is 64.5 cm³/mol. The second kappa shape index (κ2) is 7.27. The van der Waals surface area contributed by atoms with Gasteiger partial charge in [0.25, 0.3) is 0 Å². The number of piperidine rings is 1. The Hall–Kier alpha value is -1.10. The molecule has 0 aromatic heterocycles. The molecule has 98 valence electrons. The minimum Gasteiger partial charge on any atom is -0.469 e. The number of amides is 1. The summed E-state index contributed by atoms with van der Waals surface area (Å²) in [6, 6.07) is 0. The maximum Gasteiger partial charge on any atom is 0.307 e. The molecule has 0 aliphatic carbocycles. The smallest absolute Gasteiger partial charge is 0.307 e. The van der Waals surface area contributed by atoms with Crippen molar-refractivity contribution in [3.05, 3.63) is 0 Å². The van der Waals surface area contributed by atoms with Gasteiger partial charge in [-0.05, 0) is 32.9 Å². The average Bonchev–Trinajstić information content (AvgIpc) is 2.39. The second-order valence-electron chi connectivity index (χ2n) is 4.27. The number of methoxy groups -OCH3 is 1. The molecule has 0 spiro atoms. The molecule has 1 saturated heterocycles. The number of nitrogens with one attached hydrogen (secondary N) is 1. The van der Waals surface area contributed by atoms with Crippen molar-refractivity contribution < 1.29 is 14.3 Å². The monoisotopic (exact) mass is 242 g/mol. The molecule has 1 amide bonds. The first-order valence-electron chi connectivity index (χ1n) is 6.25. The molecule has 0 unspecified atom stereocenters. The summed E-state index contributed by atoms with van der Waals surface area (Å²) in [4.78, 5) is 25.0. The van der Waals surface area contributed by atoms with E-state index >= 15 is 0 Å². The molecule has 0 atom stereocenters. The van der Waals surface area contributed by atoms with Crippen LogP contribution in [-0.2, 0) is 14.3 Å². The molecule has 1 rings (SSSR count). The van der Waals surface area contributed by atoms with Gasteiger partial charge in [-0.25, -0.2) is 0 Å². The first-order valence-corrected chi connectivity index (χ1v) is 6.25. The Morgan fingerprint density at radius 3 is 2.53 bits per heavy atom. The third kappa shape index (κ3) is 4.34. The number of hydrogen-bond acceptors (Lipinski definition) is 4. The van der Waals surface area contributed by atoms with Gasteiger partial charge in [-0.2, -0.15) is 0 Å². The summed E-state index contributed by atoms with van der Waals surface area (Å²) in [7, 11) is 1.37. The zero-order valence-corrected chi connectivity index (χ0v) is 10.7. The zero-order valence-electron chi connectivity index (χ0n) is 10.7. The topological polar surface area (TPSA) is 58.6 Å². The maximum atomic E-state index is 12.2. The van der Waals surface area contributed by atoms with E-state index in [0.29, 0.717) is 13.1 Å². The number of esters is 1. The minimum absolute atomic E-state index is 0.119. The van der Waals surface area contributed by atoms with Gasteiger partial charge < -0.3 is 15.0 Å². The lowest BCUT2D eigenvalue weighted by Crippen LogP contribution is -2.41. The normalized spacial score (nSPS) is 16.6. The van der Waals surface area contributed by atoms with E-state index < -0.39 is 0 Å². The Balaban J connectivity index is 2.42. The highest BCUT2D eigenvalue weighted by atomic mass is 16.5. The predicted octanol–water partition coefficient (Wildman–Crippen LogP) is 0.398. The van der Waals surface area contributed by atoms with Crippen LogP contribution in [0.4, 0.5) is 0 Å². The number of carbonyl (C=O) groups is 2. The summed E-state index contributed by atoms with van der Waals surface area (Å²) in [6.45, 7) is 4.87. The Morgan fingerprint density at radius 1 is 1.35 bits per heavy atom. The van der Waals surface area contributed by atoms with Crippen LogP contribution in [0.1, 0.15) is 26.2 Å². The fraction of sp³-hybridized carbons (Fsp3) is 0.833. The van der Waals surface area contributed by atoms with E-state index in [-0.39, 0.29) is 24.2 Å². The molecule has 5 heteroatoms. The van der Waals surface area contributed by atoms with Crippen LogP contribution in [0.2, 0.25) is 0 Å². The molecular weight excluding hydrogens is 220 g/mol. The van der Waals surface area contributed by atoms with Gasteiger partial charge in [0, 0.05) is 19.0 Å². The number of nitrogens with zero attached hydrogens (tertiary/aromatic N) is 1. The van der Waals surface area contributed by atoms with E-state index in [9.17, 15) is 9.59 Å². The highest BCUT2D eigenvalue weighted by Gasteiger charge is 2.25. The summed E-state index contributed by atoms with van der Waals surface area (Å²) in [5.74, 6) is 0.0355. The number of hydrogen-bond donors (Lipinski definition) is 1. The standard InChI is InChI=1S/C12H22N2O3/c1-3-14(9-6-11(15)17-2)12(16)10-4-7-13-8-5-10/h10,13H,3-9H2,1-2H3. The molecule has 1 fully saturated rings. The minimum atomic E-state index is -0.262. The number of ether oxygens (including phenoxy) is 1. The van der Waals surface area contributed by atoms with Crippen molar-refractivity contribution in [1.82, 2.24) is 10.2 Å². The fourth-order valence-corrected chi connectivity index (χ4v) is 2.08. The van der Waals surface area contributed by atoms with E-state index in [4.69, 9.17) is 0 Å². The zero-order chi connectivity index (χ0) is 12.7. The quantitative estimate of drug-likeness (QED) is 0.709. The van der Waals surface area contributed by atoms with Gasteiger partial charge in [-0.15, -0.1) is 0 Å². The Labute approximate surface area is 102 Å². The molecule has 1 aliphatic rings. The van der Waals surface area contributed by atoms with E-state index in [2.05, 4.69) is 10.1 Å². The van der Waals surface area contributed by atoms with Gasteiger partial charge in [-0.3, -0.25) is 9.59 Å². The summed E-state index contributed by atoms with van der Waals surface area (Å²) < 4.78 is 4.58. The Kier molecular flexibility index (Phi) is 5.97. The third-order valence-corrected chi connectivity index (χ3v) is 3.20. The van der Waals surface area contributed by atoms with Crippen molar-refractivity contribution >= 4 is 11.9 Å². The van der Waals surface area contributed by atoms with E-state index in [1.54, 1.807) is 4.90 Å². The summed E-state index contributed by atoms with van der Waals surface area (Å²) in [5, 5.41) is 3.24. The van der Waals surface area contributed by atoms with Crippen molar-refractivity contribution in [2.75, 3.05) is 33.3 Å². The van der Waals surface area contributed by atoms with Gasteiger partial charge in [0.15, 0.2) is 0 Å². The van der Waals surface area contributed by atoms with E-state index in [1.807, 2.05) is 6.92 Å². The lowest BCUT2D eigenvalue weighted by molar-refractivity contribution is -0.142. The van der Waals surface area contributed by atoms with Crippen LogP contribution in [0.25, 0.3) is 0 Å². The fourth-order valence-electron chi connectivity index (χ4n) is 2.08. The van der Waals surface area contributed by atoms with Crippen molar-refractivity contribution in [3.8, 4) is 0 Å². The number of rotatable bonds is 5. The van der Waals surface area contributed by atoms with Crippen molar-refractivity contribution in [3.63, 3.8) is 0 Å². The second-order valence-corrected chi connectivity index (χ2v) is 4.27. The molecule has 0 radical (unpaired) electrons. The van der Waals surface area contributed by atoms with Crippen molar-refractivity contribution in [2.24, 2.45) is 5.92 Å². The van der Waals surface area contributed by atoms with Gasteiger partial charge in [0.05, 0.1) is 13.5 Å². The van der Waals surface area contributed by atoms with Crippen LogP contribution < -0.4 is 5.32 Å². The molecule has 1 N–H and O–H groups in total. The van der Waals surface area contributed by atoms with Crippen LogP contribution in [0.5, 0.6) is 0 Å². The van der Waals surface area contributed by atoms with E-state index in [0.717, 1.165) is 25.9 Å². The molecule has 0 saturated carbocycles. The van der Waals surface area contributed by atoms with Crippen molar-refractivity contribution in [1.29, 1.82) is 0 Å². The largest absolute Gasteiger partial charge is 0.469 e. The lowest BCUT2D eigenvalue weighted by Gasteiger charge is -2.28. The van der Waals surface area contributed by atoms with Gasteiger partial charge >= 0.3 is 5.97 Å². The van der Waals surface area contributed by atoms with Gasteiger partial charge in [0.1, 0.15) is 0 Å². The lowest BCUT2D eigenvalue weighted by atomic mass is 9.96. The number of carbonyl (C=O) groups excluding carboxylic acids is 2. The first kappa shape index (κ1) is 14.0. The molecule has 0 aromatic rings. The molecule has 1 heterocycles. The van der Waals surface area contributed by atoms with Crippen LogP contribution in [0.15, 0.2) is 0 Å². The van der Waals surface area contributed by atoms with Crippen LogP contribution >= 0.6 is 0 Å². The highest BCUT2D eigenvalue weighted by molar-refractivity contribution is 5.79. The molecular formula is C12H22N2O3. The third-order valence-electron chi connectivity index (χ3n) is 3.20. The summed E-state index contributed by atoms with van der Waals surface area (Å²) in [6.07, 6.45) is 2.07. The SMILES string of the molecule is CCN(CCC(=O)OC)C(=O)C1CCNCC1. The average molecular weight is 242 g/mol. The van der Waals surface area contributed by atoms with Gasteiger partial charge in [0.2, 0.25) is 5.91 Å². The van der Waals surface area contributed by atoms with Crippen LogP contribution in [-0.4, -0.2) is 50.1 Å². The molecule has 0 aromatic carbocycles. The first-order chi connectivity index (χ1) is 8.19. The van der Waals surface area contributed by atoms with E-state index in [1.165, 1.54) is 7.11 Å². The molecule has 1 aliphatic heterocycles. The highest BCUT2D eigenvalue weighted by Crippen LogP contribution is 2.15. The Bertz CT molecular complexity index is 262. The van der Waals surface area contributed by atoms with Crippen LogP contribution in [0.3, 0.4) is 0 Å². The van der Waals surface area contributed by atoms with Crippen LogP contribution in [0, 0.1) is 5.92 Å². The van der Waals surface area contributed by atoms with Gasteiger partial charge in [-0.1, -0.05) is 0 Å². The Morgan fingerprint density at radius 2 is 2.00 bits per heavy atom. The van der Waals surface area contributed by atoms with Crippen molar-refractivity contribution in [2.45, 2.75) is 26.2 Å². The summed E-state index contributed by atoms with van der Waals surface area (Å²) in [5.41, 5.74) is 0. The molecule has 0 bridgehead atoms.